The molecule has 2 aromatic heterocycles. The van der Waals surface area contributed by atoms with E-state index in [1.54, 1.807) is 6.92 Å². The largest absolute Gasteiger partial charge is 0.442 e. The van der Waals surface area contributed by atoms with Gasteiger partial charge in [-0.2, -0.15) is 9.78 Å². The molecule has 0 bridgehead atoms. The summed E-state index contributed by atoms with van der Waals surface area (Å²) in [6, 6.07) is 6.93. The maximum Gasteiger partial charge on any atom is 0.350 e. The summed E-state index contributed by atoms with van der Waals surface area (Å²) in [6.07, 6.45) is 1.46. The molecule has 1 aliphatic rings. The molecule has 0 saturated heterocycles. The number of aromatic nitrogens is 4. The molecule has 2 heterocycles. The average molecular weight is 505 g/mol. The third kappa shape index (κ3) is 4.23. The zero-order valence-corrected chi connectivity index (χ0v) is 19.2. The zero-order chi connectivity index (χ0) is 24.9. The lowest BCUT2D eigenvalue weighted by Crippen LogP contribution is -2.46. The highest BCUT2D eigenvalue weighted by atomic mass is 32.1. The summed E-state index contributed by atoms with van der Waals surface area (Å²) in [6.45, 7) is 1.25. The van der Waals surface area contributed by atoms with Gasteiger partial charge in [-0.15, -0.1) is 0 Å². The number of thiazole rings is 1. The predicted molar refractivity (Wildman–Crippen MR) is 120 cm³/mol. The minimum atomic E-state index is -1.59. The summed E-state index contributed by atoms with van der Waals surface area (Å²) in [7, 11) is 0. The van der Waals surface area contributed by atoms with Crippen LogP contribution in [0.2, 0.25) is 0 Å². The third-order valence-electron chi connectivity index (χ3n) is 5.80. The van der Waals surface area contributed by atoms with Gasteiger partial charge in [-0.25, -0.2) is 27.3 Å². The quantitative estimate of drug-likeness (QED) is 0.394. The van der Waals surface area contributed by atoms with Gasteiger partial charge in [0, 0.05) is 30.5 Å². The van der Waals surface area contributed by atoms with Crippen LogP contribution >= 0.6 is 11.3 Å². The normalized spacial score (nSPS) is 19.5. The molecule has 0 unspecified atom stereocenters. The maximum atomic E-state index is 14.8. The van der Waals surface area contributed by atoms with Crippen molar-refractivity contribution in [1.29, 1.82) is 0 Å². The molecule has 4 aromatic rings. The van der Waals surface area contributed by atoms with Gasteiger partial charge in [0.1, 0.15) is 23.0 Å². The number of rotatable bonds is 6. The minimum Gasteiger partial charge on any atom is -0.442 e. The van der Waals surface area contributed by atoms with Crippen LogP contribution in [0.15, 0.2) is 47.5 Å². The smallest absolute Gasteiger partial charge is 0.350 e. The number of hydrogen-bond donors (Lipinski definition) is 1. The molecule has 0 aliphatic heterocycles. The van der Waals surface area contributed by atoms with Gasteiger partial charge in [-0.3, -0.25) is 4.57 Å². The lowest BCUT2D eigenvalue weighted by Gasteiger charge is -2.37. The molecule has 7 nitrogen and oxygen atoms in total. The van der Waals surface area contributed by atoms with Crippen molar-refractivity contribution in [3.8, 4) is 16.5 Å². The van der Waals surface area contributed by atoms with Crippen LogP contribution in [0.5, 0.6) is 10.8 Å². The van der Waals surface area contributed by atoms with Gasteiger partial charge in [-0.05, 0) is 31.2 Å². The number of alkyl halides is 1. The first kappa shape index (κ1) is 23.2. The second kappa shape index (κ2) is 8.61. The first-order chi connectivity index (χ1) is 16.6. The van der Waals surface area contributed by atoms with E-state index in [0.717, 1.165) is 45.1 Å². The Kier molecular flexibility index (Phi) is 5.72. The molecule has 1 fully saturated rings. The number of nitrogens with two attached hydrogens (primary N) is 1. The lowest BCUT2D eigenvalue weighted by atomic mass is 9.78. The molecule has 5 rings (SSSR count). The van der Waals surface area contributed by atoms with E-state index in [4.69, 9.17) is 10.5 Å². The number of ether oxygens (including phenoxy) is 1. The summed E-state index contributed by atoms with van der Waals surface area (Å²) in [4.78, 5) is 16.9. The van der Waals surface area contributed by atoms with E-state index < -0.39 is 28.8 Å². The highest BCUT2D eigenvalue weighted by Gasteiger charge is 2.47. The van der Waals surface area contributed by atoms with Crippen molar-refractivity contribution in [2.24, 2.45) is 5.73 Å². The fourth-order valence-corrected chi connectivity index (χ4v) is 4.93. The highest BCUT2D eigenvalue weighted by Crippen LogP contribution is 2.48. The van der Waals surface area contributed by atoms with Gasteiger partial charge in [0.15, 0.2) is 17.2 Å². The maximum absolute atomic E-state index is 14.8. The van der Waals surface area contributed by atoms with Crippen molar-refractivity contribution >= 4 is 11.3 Å². The molecule has 12 heteroatoms. The van der Waals surface area contributed by atoms with Crippen molar-refractivity contribution in [2.75, 3.05) is 0 Å². The Morgan fingerprint density at radius 2 is 1.89 bits per heavy atom. The molecule has 182 valence electrons. The minimum absolute atomic E-state index is 0.0838. The van der Waals surface area contributed by atoms with Gasteiger partial charge in [0.25, 0.3) is 0 Å². The SMILES string of the molecule is Cc1nc(C2(F)CC(N)C2)sc1Oc1ccc(-n2ncn(Cc3c(F)cccc3F)c2=O)cc1F. The number of benzene rings is 2. The van der Waals surface area contributed by atoms with E-state index in [2.05, 4.69) is 10.1 Å². The van der Waals surface area contributed by atoms with Gasteiger partial charge in [0.05, 0.1) is 17.9 Å². The summed E-state index contributed by atoms with van der Waals surface area (Å²) >= 11 is 0.995. The van der Waals surface area contributed by atoms with Crippen LogP contribution in [-0.2, 0) is 12.2 Å². The number of nitrogens with zero attached hydrogens (tertiary/aromatic N) is 4. The Morgan fingerprint density at radius 3 is 2.54 bits per heavy atom. The van der Waals surface area contributed by atoms with Crippen LogP contribution in [-0.4, -0.2) is 25.4 Å². The monoisotopic (exact) mass is 505 g/mol. The molecule has 1 saturated carbocycles. The van der Waals surface area contributed by atoms with Gasteiger partial charge < -0.3 is 10.5 Å². The molecule has 0 amide bonds. The van der Waals surface area contributed by atoms with Crippen LogP contribution in [0.3, 0.4) is 0 Å². The van der Waals surface area contributed by atoms with Crippen molar-refractivity contribution in [3.63, 3.8) is 0 Å². The number of aryl methyl sites for hydroxylation is 1. The van der Waals surface area contributed by atoms with E-state index in [9.17, 15) is 22.4 Å². The fraction of sp³-hybridized carbons (Fsp3) is 0.261. The molecule has 2 N–H and O–H groups in total. The summed E-state index contributed by atoms with van der Waals surface area (Å²) in [5, 5.41) is 4.41. The van der Waals surface area contributed by atoms with E-state index >= 15 is 0 Å². The van der Waals surface area contributed by atoms with Crippen molar-refractivity contribution < 1.29 is 22.3 Å². The van der Waals surface area contributed by atoms with Crippen LogP contribution in [0.25, 0.3) is 5.69 Å². The molecule has 0 radical (unpaired) electrons. The van der Waals surface area contributed by atoms with Crippen LogP contribution < -0.4 is 16.2 Å². The fourth-order valence-electron chi connectivity index (χ4n) is 3.89. The van der Waals surface area contributed by atoms with Gasteiger partial charge >= 0.3 is 5.69 Å². The highest BCUT2D eigenvalue weighted by molar-refractivity contribution is 7.13. The summed E-state index contributed by atoms with van der Waals surface area (Å²) in [5.74, 6) is -2.53. The van der Waals surface area contributed by atoms with Crippen molar-refractivity contribution in [2.45, 2.75) is 38.0 Å². The molecule has 0 atom stereocenters. The van der Waals surface area contributed by atoms with Gasteiger partial charge in [-0.1, -0.05) is 17.4 Å². The lowest BCUT2D eigenvalue weighted by molar-refractivity contribution is 0.0402. The molecule has 0 spiro atoms. The molecule has 2 aromatic carbocycles. The first-order valence-corrected chi connectivity index (χ1v) is 11.4. The summed E-state index contributed by atoms with van der Waals surface area (Å²) in [5.41, 5.74) is 3.60. The van der Waals surface area contributed by atoms with Crippen molar-refractivity contribution in [1.82, 2.24) is 19.3 Å². The second-order valence-electron chi connectivity index (χ2n) is 8.40. The topological polar surface area (TPSA) is 88.0 Å². The number of hydrogen-bond acceptors (Lipinski definition) is 6. The standard InChI is InChI=1S/C23H19F4N5O2S/c1-12-20(35-21(30-12)23(27)8-13(28)9-23)34-19-6-5-14(7-18(19)26)32-22(33)31(11-29-32)10-15-16(24)3-2-4-17(15)25/h2-7,11,13H,8-10,28H2,1H3. The Balaban J connectivity index is 1.37. The molecular weight excluding hydrogens is 486 g/mol. The van der Waals surface area contributed by atoms with Gasteiger partial charge in [0.2, 0.25) is 5.06 Å². The molecular formula is C23H19F4N5O2S. The van der Waals surface area contributed by atoms with Crippen LogP contribution in [0.1, 0.15) is 29.1 Å². The van der Waals surface area contributed by atoms with Crippen LogP contribution in [0, 0.1) is 24.4 Å². The molecule has 35 heavy (non-hydrogen) atoms. The van der Waals surface area contributed by atoms with E-state index in [1.807, 2.05) is 0 Å². The average Bonchev–Trinajstić information content (AvgIpc) is 3.34. The first-order valence-electron chi connectivity index (χ1n) is 10.6. The Hall–Kier alpha value is -3.51. The third-order valence-corrected chi connectivity index (χ3v) is 7.01. The Bertz CT molecular complexity index is 1450. The summed E-state index contributed by atoms with van der Waals surface area (Å²) < 4.78 is 65.1. The Morgan fingerprint density at radius 1 is 1.17 bits per heavy atom. The van der Waals surface area contributed by atoms with E-state index in [1.165, 1.54) is 18.2 Å². The van der Waals surface area contributed by atoms with E-state index in [0.29, 0.717) is 5.69 Å². The number of halogens is 4. The molecule has 1 aliphatic carbocycles. The van der Waals surface area contributed by atoms with E-state index in [-0.39, 0.29) is 52.5 Å². The zero-order valence-electron chi connectivity index (χ0n) is 18.3. The second-order valence-corrected chi connectivity index (χ2v) is 9.36. The Labute approximate surface area is 200 Å². The van der Waals surface area contributed by atoms with Crippen molar-refractivity contribution in [3.05, 3.63) is 86.9 Å². The van der Waals surface area contributed by atoms with Crippen LogP contribution in [0.4, 0.5) is 17.6 Å². The predicted octanol–water partition coefficient (Wildman–Crippen LogP) is 4.34.